The number of halogens is 3. The number of nitrogen functional groups attached to an aromatic ring is 1. The molecule has 20 heavy (non-hydrogen) atoms. The number of hydrogen-bond donors (Lipinski definition) is 2. The van der Waals surface area contributed by atoms with Crippen molar-refractivity contribution in [3.8, 4) is 0 Å². The Kier molecular flexibility index (Phi) is 4.62. The van der Waals surface area contributed by atoms with Crippen LogP contribution in [0.2, 0.25) is 0 Å². The molecule has 0 aliphatic heterocycles. The second-order valence-corrected chi connectivity index (χ2v) is 5.07. The van der Waals surface area contributed by atoms with Gasteiger partial charge in [0.1, 0.15) is 17.3 Å². The zero-order valence-electron chi connectivity index (χ0n) is 11.9. The van der Waals surface area contributed by atoms with E-state index >= 15 is 0 Å². The third-order valence-electron chi connectivity index (χ3n) is 3.37. The summed E-state index contributed by atoms with van der Waals surface area (Å²) in [5, 5.41) is 7.47. The van der Waals surface area contributed by atoms with Gasteiger partial charge in [0.05, 0.1) is 5.56 Å². The van der Waals surface area contributed by atoms with Gasteiger partial charge in [0, 0.05) is 13.1 Å². The number of nitrogens with one attached hydrogen (secondary N) is 1. The molecule has 1 unspecified atom stereocenters. The Hall–Kier alpha value is -1.79. The van der Waals surface area contributed by atoms with Crippen LogP contribution >= 0.6 is 0 Å². The Labute approximate surface area is 116 Å². The maximum atomic E-state index is 12.8. The average Bonchev–Trinajstić information content (AvgIpc) is 2.34. The maximum Gasteiger partial charge on any atom is 0.433 e. The molecule has 1 aromatic heterocycles. The van der Waals surface area contributed by atoms with Crippen molar-refractivity contribution in [2.45, 2.75) is 33.0 Å². The molecule has 1 rings (SSSR count). The third-order valence-corrected chi connectivity index (χ3v) is 3.37. The highest BCUT2D eigenvalue weighted by molar-refractivity contribution is 5.99. The predicted octanol–water partition coefficient (Wildman–Crippen LogP) is 2.87. The van der Waals surface area contributed by atoms with E-state index in [1.165, 1.54) is 6.07 Å². The minimum absolute atomic E-state index is 0.0379. The van der Waals surface area contributed by atoms with Crippen LogP contribution in [0.3, 0.4) is 0 Å². The van der Waals surface area contributed by atoms with E-state index in [1.807, 2.05) is 20.8 Å². The van der Waals surface area contributed by atoms with Crippen LogP contribution < -0.4 is 10.6 Å². The van der Waals surface area contributed by atoms with Gasteiger partial charge in [0.15, 0.2) is 0 Å². The quantitative estimate of drug-likeness (QED) is 0.661. The smallest absolute Gasteiger partial charge is 0.384 e. The summed E-state index contributed by atoms with van der Waals surface area (Å²) in [5.74, 6) is -0.00583. The lowest BCUT2D eigenvalue weighted by Gasteiger charge is -2.30. The number of pyridine rings is 1. The Morgan fingerprint density at radius 3 is 2.25 bits per heavy atom. The van der Waals surface area contributed by atoms with E-state index < -0.39 is 11.9 Å². The van der Waals surface area contributed by atoms with Crippen LogP contribution in [0.4, 0.5) is 19.0 Å². The largest absolute Gasteiger partial charge is 0.433 e. The molecule has 1 heterocycles. The summed E-state index contributed by atoms with van der Waals surface area (Å²) in [6.07, 6.45) is -4.52. The fourth-order valence-corrected chi connectivity index (χ4v) is 1.73. The van der Waals surface area contributed by atoms with Crippen molar-refractivity contribution in [1.29, 1.82) is 5.41 Å². The van der Waals surface area contributed by atoms with Crippen molar-refractivity contribution in [1.82, 2.24) is 4.98 Å². The Morgan fingerprint density at radius 2 is 1.85 bits per heavy atom. The van der Waals surface area contributed by atoms with E-state index in [0.717, 1.165) is 6.07 Å². The fraction of sp³-hybridized carbons (Fsp3) is 0.538. The first-order valence-corrected chi connectivity index (χ1v) is 6.21. The highest BCUT2D eigenvalue weighted by atomic mass is 19.4. The number of alkyl halides is 3. The molecule has 1 aromatic rings. The number of nitrogens with two attached hydrogens (primary N) is 1. The average molecular weight is 288 g/mol. The summed E-state index contributed by atoms with van der Waals surface area (Å²) >= 11 is 0. The van der Waals surface area contributed by atoms with Gasteiger partial charge in [-0.15, -0.1) is 0 Å². The first-order chi connectivity index (χ1) is 9.05. The van der Waals surface area contributed by atoms with Gasteiger partial charge >= 0.3 is 6.18 Å². The lowest BCUT2D eigenvalue weighted by Crippen LogP contribution is -2.36. The molecule has 0 aliphatic carbocycles. The molecule has 112 valence electrons. The highest BCUT2D eigenvalue weighted by Gasteiger charge is 2.34. The van der Waals surface area contributed by atoms with E-state index in [0.29, 0.717) is 0 Å². The molecule has 0 amide bonds. The number of anilines is 1. The summed E-state index contributed by atoms with van der Waals surface area (Å²) in [4.78, 5) is 5.27. The standard InChI is InChI=1S/C13H19F3N4/c1-7(2)8(3)20(4)12-9(11(17)18)5-6-10(19-12)13(14,15)16/h5-8H,1-4H3,(H3,17,18). The molecule has 0 aromatic carbocycles. The van der Waals surface area contributed by atoms with Crippen LogP contribution in [0.1, 0.15) is 32.0 Å². The lowest BCUT2D eigenvalue weighted by atomic mass is 10.0. The number of aromatic nitrogens is 1. The molecule has 4 nitrogen and oxygen atoms in total. The van der Waals surface area contributed by atoms with Gasteiger partial charge in [-0.2, -0.15) is 13.2 Å². The van der Waals surface area contributed by atoms with Crippen LogP contribution in [0, 0.1) is 11.3 Å². The number of rotatable bonds is 4. The van der Waals surface area contributed by atoms with Crippen molar-refractivity contribution in [2.75, 3.05) is 11.9 Å². The van der Waals surface area contributed by atoms with Gasteiger partial charge in [0.2, 0.25) is 0 Å². The first-order valence-electron chi connectivity index (χ1n) is 6.21. The van der Waals surface area contributed by atoms with Crippen molar-refractivity contribution in [2.24, 2.45) is 11.7 Å². The van der Waals surface area contributed by atoms with Crippen LogP contribution in [-0.4, -0.2) is 23.9 Å². The van der Waals surface area contributed by atoms with Crippen LogP contribution in [0.15, 0.2) is 12.1 Å². The molecule has 0 aliphatic rings. The summed E-state index contributed by atoms with van der Waals surface area (Å²) in [5.41, 5.74) is 4.64. The van der Waals surface area contributed by atoms with Gasteiger partial charge in [0.25, 0.3) is 0 Å². The number of amidine groups is 1. The second-order valence-electron chi connectivity index (χ2n) is 5.07. The van der Waals surface area contributed by atoms with Gasteiger partial charge in [-0.25, -0.2) is 4.98 Å². The second kappa shape index (κ2) is 5.68. The fourth-order valence-electron chi connectivity index (χ4n) is 1.73. The van der Waals surface area contributed by atoms with Crippen molar-refractivity contribution in [3.63, 3.8) is 0 Å². The molecule has 0 spiro atoms. The molecular formula is C13H19F3N4. The monoisotopic (exact) mass is 288 g/mol. The summed E-state index contributed by atoms with van der Waals surface area (Å²) < 4.78 is 38.3. The van der Waals surface area contributed by atoms with Crippen molar-refractivity contribution >= 4 is 11.7 Å². The highest BCUT2D eigenvalue weighted by Crippen LogP contribution is 2.31. The Bertz CT molecular complexity index is 497. The van der Waals surface area contributed by atoms with E-state index in [1.54, 1.807) is 11.9 Å². The number of hydrogen-bond acceptors (Lipinski definition) is 3. The topological polar surface area (TPSA) is 66.0 Å². The zero-order chi connectivity index (χ0) is 15.7. The molecule has 7 heteroatoms. The van der Waals surface area contributed by atoms with Crippen molar-refractivity contribution in [3.05, 3.63) is 23.4 Å². The van der Waals surface area contributed by atoms with Gasteiger partial charge < -0.3 is 10.6 Å². The lowest BCUT2D eigenvalue weighted by molar-refractivity contribution is -0.141. The molecule has 0 radical (unpaired) electrons. The molecule has 0 fully saturated rings. The van der Waals surface area contributed by atoms with Crippen LogP contribution in [0.5, 0.6) is 0 Å². The minimum Gasteiger partial charge on any atom is -0.384 e. The van der Waals surface area contributed by atoms with E-state index in [-0.39, 0.29) is 29.2 Å². The molecule has 0 bridgehead atoms. The Balaban J connectivity index is 3.36. The van der Waals surface area contributed by atoms with E-state index in [9.17, 15) is 13.2 Å². The SMILES string of the molecule is CC(C)C(C)N(C)c1nc(C(F)(F)F)ccc1C(=N)N. The normalized spacial score (nSPS) is 13.4. The Morgan fingerprint density at radius 1 is 1.30 bits per heavy atom. The summed E-state index contributed by atoms with van der Waals surface area (Å²) in [6, 6.07) is 2.00. The van der Waals surface area contributed by atoms with E-state index in [4.69, 9.17) is 11.1 Å². The van der Waals surface area contributed by atoms with Gasteiger partial charge in [-0.05, 0) is 25.0 Å². The number of nitrogens with zero attached hydrogens (tertiary/aromatic N) is 2. The molecule has 0 saturated heterocycles. The summed E-state index contributed by atoms with van der Waals surface area (Å²) in [7, 11) is 1.65. The maximum absolute atomic E-state index is 12.8. The third kappa shape index (κ3) is 3.40. The molecule has 3 N–H and O–H groups in total. The minimum atomic E-state index is -4.52. The zero-order valence-corrected chi connectivity index (χ0v) is 11.9. The van der Waals surface area contributed by atoms with Crippen LogP contribution in [-0.2, 0) is 6.18 Å². The van der Waals surface area contributed by atoms with Crippen LogP contribution in [0.25, 0.3) is 0 Å². The molecular weight excluding hydrogens is 269 g/mol. The molecule has 1 atom stereocenters. The van der Waals surface area contributed by atoms with Gasteiger partial charge in [-0.3, -0.25) is 5.41 Å². The summed E-state index contributed by atoms with van der Waals surface area (Å²) in [6.45, 7) is 5.81. The predicted molar refractivity (Wildman–Crippen MR) is 73.0 cm³/mol. The first kappa shape index (κ1) is 16.3. The van der Waals surface area contributed by atoms with Crippen molar-refractivity contribution < 1.29 is 13.2 Å². The van der Waals surface area contributed by atoms with E-state index in [2.05, 4.69) is 4.98 Å². The molecule has 0 saturated carbocycles. The van der Waals surface area contributed by atoms with Gasteiger partial charge in [-0.1, -0.05) is 13.8 Å².